The first-order chi connectivity index (χ1) is 9.25. The summed E-state index contributed by atoms with van der Waals surface area (Å²) in [7, 11) is 0. The molecule has 0 bridgehead atoms. The molecule has 2 aromatic heterocycles. The minimum atomic E-state index is 0.668. The van der Waals surface area contributed by atoms with Crippen molar-refractivity contribution in [2.75, 3.05) is 5.73 Å². The normalized spacial score (nSPS) is 10.8. The highest BCUT2D eigenvalue weighted by Gasteiger charge is 2.09. The molecule has 0 radical (unpaired) electrons. The summed E-state index contributed by atoms with van der Waals surface area (Å²) in [5, 5.41) is 3.91. The molecule has 19 heavy (non-hydrogen) atoms. The summed E-state index contributed by atoms with van der Waals surface area (Å²) in [4.78, 5) is 8.72. The van der Waals surface area contributed by atoms with Crippen LogP contribution in [0.15, 0.2) is 63.3 Å². The molecular weight excluding hydrogens is 322 g/mol. The first kappa shape index (κ1) is 12.4. The second-order valence-electron chi connectivity index (χ2n) is 3.95. The Balaban J connectivity index is 2.12. The van der Waals surface area contributed by atoms with Gasteiger partial charge in [-0.05, 0) is 36.0 Å². The molecule has 0 unspecified atom stereocenters. The lowest BCUT2D eigenvalue weighted by atomic mass is 10.2. The van der Waals surface area contributed by atoms with Crippen LogP contribution in [0.1, 0.15) is 0 Å². The summed E-state index contributed by atoms with van der Waals surface area (Å²) in [6.45, 7) is 0. The predicted molar refractivity (Wildman–Crippen MR) is 82.2 cm³/mol. The summed E-state index contributed by atoms with van der Waals surface area (Å²) in [5.41, 5.74) is 6.59. The molecule has 2 N–H and O–H groups in total. The van der Waals surface area contributed by atoms with E-state index in [2.05, 4.69) is 32.0 Å². The summed E-state index contributed by atoms with van der Waals surface area (Å²) in [5.74, 6) is 0. The average molecular weight is 332 g/mol. The molecule has 3 nitrogen and oxygen atoms in total. The number of hydrogen-bond acceptors (Lipinski definition) is 4. The van der Waals surface area contributed by atoms with E-state index in [1.165, 1.54) is 11.8 Å². The standard InChI is InChI=1S/C14H10BrN3S/c15-11-4-1-3-10-9(11)6-8-18-13(10)19-14-12(16)5-2-7-17-14/h1-8H,16H2. The Hall–Kier alpha value is -1.59. The van der Waals surface area contributed by atoms with Gasteiger partial charge < -0.3 is 5.73 Å². The van der Waals surface area contributed by atoms with Gasteiger partial charge in [-0.2, -0.15) is 0 Å². The van der Waals surface area contributed by atoms with Crippen LogP contribution in [0, 0.1) is 0 Å². The van der Waals surface area contributed by atoms with Gasteiger partial charge >= 0.3 is 0 Å². The number of pyridine rings is 2. The van der Waals surface area contributed by atoms with Crippen molar-refractivity contribution in [3.8, 4) is 0 Å². The minimum absolute atomic E-state index is 0.668. The smallest absolute Gasteiger partial charge is 0.125 e. The van der Waals surface area contributed by atoms with Crippen LogP contribution in [0.5, 0.6) is 0 Å². The first-order valence-corrected chi connectivity index (χ1v) is 7.28. The lowest BCUT2D eigenvalue weighted by Gasteiger charge is -2.07. The molecule has 2 heterocycles. The Kier molecular flexibility index (Phi) is 3.40. The van der Waals surface area contributed by atoms with Crippen LogP contribution < -0.4 is 5.73 Å². The van der Waals surface area contributed by atoms with Crippen molar-refractivity contribution in [2.24, 2.45) is 0 Å². The summed E-state index contributed by atoms with van der Waals surface area (Å²) in [6, 6.07) is 11.7. The number of aromatic nitrogens is 2. The molecular formula is C14H10BrN3S. The first-order valence-electron chi connectivity index (χ1n) is 5.67. The molecule has 5 heteroatoms. The van der Waals surface area contributed by atoms with E-state index in [0.29, 0.717) is 5.69 Å². The zero-order valence-electron chi connectivity index (χ0n) is 9.88. The number of halogens is 1. The Morgan fingerprint density at radius 3 is 2.58 bits per heavy atom. The van der Waals surface area contributed by atoms with Crippen molar-refractivity contribution in [2.45, 2.75) is 10.1 Å². The lowest BCUT2D eigenvalue weighted by Crippen LogP contribution is -1.91. The Labute approximate surface area is 123 Å². The van der Waals surface area contributed by atoms with Crippen LogP contribution in [0.25, 0.3) is 10.8 Å². The number of anilines is 1. The SMILES string of the molecule is Nc1cccnc1Sc1nccc2c(Br)cccc12. The average Bonchev–Trinajstić information content (AvgIpc) is 2.42. The van der Waals surface area contributed by atoms with E-state index in [-0.39, 0.29) is 0 Å². The van der Waals surface area contributed by atoms with Gasteiger partial charge in [-0.25, -0.2) is 9.97 Å². The fourth-order valence-electron chi connectivity index (χ4n) is 1.80. The van der Waals surface area contributed by atoms with Crippen molar-refractivity contribution in [3.05, 3.63) is 53.3 Å². The van der Waals surface area contributed by atoms with Crippen LogP contribution in [0.3, 0.4) is 0 Å². The van der Waals surface area contributed by atoms with E-state index in [0.717, 1.165) is 25.3 Å². The minimum Gasteiger partial charge on any atom is -0.397 e. The monoisotopic (exact) mass is 331 g/mol. The van der Waals surface area contributed by atoms with Crippen molar-refractivity contribution in [1.29, 1.82) is 0 Å². The van der Waals surface area contributed by atoms with Gasteiger partial charge in [0.15, 0.2) is 0 Å². The van der Waals surface area contributed by atoms with E-state index in [4.69, 9.17) is 5.73 Å². The second-order valence-corrected chi connectivity index (χ2v) is 5.78. The van der Waals surface area contributed by atoms with Crippen molar-refractivity contribution >= 4 is 44.2 Å². The molecule has 0 amide bonds. The Bertz CT molecular complexity index is 746. The van der Waals surface area contributed by atoms with E-state index >= 15 is 0 Å². The number of benzene rings is 1. The van der Waals surface area contributed by atoms with Gasteiger partial charge in [0.1, 0.15) is 10.1 Å². The number of nitrogens with two attached hydrogens (primary N) is 1. The maximum absolute atomic E-state index is 5.92. The fourth-order valence-corrected chi connectivity index (χ4v) is 3.19. The summed E-state index contributed by atoms with van der Waals surface area (Å²) < 4.78 is 1.06. The number of hydrogen-bond donors (Lipinski definition) is 1. The molecule has 3 aromatic rings. The molecule has 0 aliphatic rings. The Morgan fingerprint density at radius 1 is 0.895 bits per heavy atom. The third kappa shape index (κ3) is 2.43. The van der Waals surface area contributed by atoms with Gasteiger partial charge in [-0.3, -0.25) is 0 Å². The van der Waals surface area contributed by atoms with Crippen molar-refractivity contribution in [3.63, 3.8) is 0 Å². The molecule has 0 fully saturated rings. The van der Waals surface area contributed by atoms with Gasteiger partial charge in [0.25, 0.3) is 0 Å². The van der Waals surface area contributed by atoms with Crippen LogP contribution in [-0.2, 0) is 0 Å². The maximum atomic E-state index is 5.92. The molecule has 1 aromatic carbocycles. The van der Waals surface area contributed by atoms with E-state index in [1.807, 2.05) is 30.3 Å². The largest absolute Gasteiger partial charge is 0.397 e. The molecule has 3 rings (SSSR count). The van der Waals surface area contributed by atoms with E-state index < -0.39 is 0 Å². The van der Waals surface area contributed by atoms with Gasteiger partial charge in [0.2, 0.25) is 0 Å². The Morgan fingerprint density at radius 2 is 1.74 bits per heavy atom. The highest BCUT2D eigenvalue weighted by Crippen LogP contribution is 2.35. The lowest BCUT2D eigenvalue weighted by molar-refractivity contribution is 1.12. The number of fused-ring (bicyclic) bond motifs is 1. The maximum Gasteiger partial charge on any atom is 0.125 e. The van der Waals surface area contributed by atoms with Crippen LogP contribution in [-0.4, -0.2) is 9.97 Å². The van der Waals surface area contributed by atoms with Gasteiger partial charge in [0.05, 0.1) is 5.69 Å². The molecule has 0 aliphatic heterocycles. The molecule has 94 valence electrons. The van der Waals surface area contributed by atoms with E-state index in [9.17, 15) is 0 Å². The summed E-state index contributed by atoms with van der Waals surface area (Å²) in [6.07, 6.45) is 3.54. The van der Waals surface area contributed by atoms with Crippen LogP contribution in [0.2, 0.25) is 0 Å². The quantitative estimate of drug-likeness (QED) is 0.767. The molecule has 0 spiro atoms. The molecule has 0 saturated carbocycles. The molecule has 0 aliphatic carbocycles. The van der Waals surface area contributed by atoms with Crippen LogP contribution >= 0.6 is 27.7 Å². The second kappa shape index (κ2) is 5.19. The topological polar surface area (TPSA) is 51.8 Å². The zero-order chi connectivity index (χ0) is 13.2. The number of nitrogen functional groups attached to an aromatic ring is 1. The van der Waals surface area contributed by atoms with Crippen molar-refractivity contribution in [1.82, 2.24) is 9.97 Å². The molecule has 0 saturated heterocycles. The zero-order valence-corrected chi connectivity index (χ0v) is 12.3. The van der Waals surface area contributed by atoms with Gasteiger partial charge in [-0.15, -0.1) is 0 Å². The van der Waals surface area contributed by atoms with Crippen molar-refractivity contribution < 1.29 is 0 Å². The van der Waals surface area contributed by atoms with Crippen LogP contribution in [0.4, 0.5) is 5.69 Å². The third-order valence-electron chi connectivity index (χ3n) is 2.71. The van der Waals surface area contributed by atoms with E-state index in [1.54, 1.807) is 12.4 Å². The third-order valence-corrected chi connectivity index (χ3v) is 4.45. The van der Waals surface area contributed by atoms with Gasteiger partial charge in [0, 0.05) is 27.6 Å². The highest BCUT2D eigenvalue weighted by molar-refractivity contribution is 9.10. The predicted octanol–water partition coefficient (Wildman–Crippen LogP) is 4.13. The number of nitrogens with zero attached hydrogens (tertiary/aromatic N) is 2. The summed E-state index contributed by atoms with van der Waals surface area (Å²) >= 11 is 5.04. The van der Waals surface area contributed by atoms with Gasteiger partial charge in [-0.1, -0.05) is 28.1 Å². The fraction of sp³-hybridized carbons (Fsp3) is 0. The molecule has 0 atom stereocenters. The number of rotatable bonds is 2. The highest BCUT2D eigenvalue weighted by atomic mass is 79.9.